The van der Waals surface area contributed by atoms with Crippen LogP contribution in [0.3, 0.4) is 0 Å². The number of fused-ring (bicyclic) bond motifs is 1. The maximum Gasteiger partial charge on any atom is 0.296 e. The van der Waals surface area contributed by atoms with Crippen LogP contribution in [0, 0.1) is 0 Å². The van der Waals surface area contributed by atoms with Crippen LogP contribution in [0.2, 0.25) is 10.0 Å². The summed E-state index contributed by atoms with van der Waals surface area (Å²) in [5.41, 5.74) is 0.409. The van der Waals surface area contributed by atoms with Crippen molar-refractivity contribution in [3.05, 3.63) is 81.8 Å². The van der Waals surface area contributed by atoms with E-state index in [2.05, 4.69) is 15.5 Å². The van der Waals surface area contributed by atoms with Crippen molar-refractivity contribution in [2.75, 3.05) is 11.9 Å². The minimum Gasteiger partial charge on any atom is -0.505 e. The Morgan fingerprint density at radius 3 is 2.36 bits per heavy atom. The number of nitrogens with zero attached hydrogens (tertiary/aromatic N) is 2. The molecule has 0 bridgehead atoms. The summed E-state index contributed by atoms with van der Waals surface area (Å²) in [6.07, 6.45) is 0.460. The minimum atomic E-state index is -4.70. The van der Waals surface area contributed by atoms with E-state index in [1.807, 2.05) is 6.92 Å². The Kier molecular flexibility index (Phi) is 8.41. The third-order valence-electron chi connectivity index (χ3n) is 5.75. The van der Waals surface area contributed by atoms with Crippen LogP contribution in [0.15, 0.2) is 75.8 Å². The molecule has 0 spiro atoms. The number of halogens is 2. The number of carbonyl (C=O) groups excluding carboxylic acids is 1. The van der Waals surface area contributed by atoms with Crippen LogP contribution in [0.25, 0.3) is 10.8 Å². The van der Waals surface area contributed by atoms with E-state index in [1.54, 1.807) is 43.3 Å². The number of ether oxygens (including phenoxy) is 1. The van der Waals surface area contributed by atoms with Crippen LogP contribution < -0.4 is 10.1 Å². The lowest BCUT2D eigenvalue weighted by Gasteiger charge is -2.12. The molecule has 3 N–H and O–H groups in total. The lowest BCUT2D eigenvalue weighted by molar-refractivity contribution is 0.102. The topological polar surface area (TPSA) is 138 Å². The SMILES string of the molecule is CCOc1ccc(NC(=O)c2cc3ccccc3c(N=Nc3c(Cl)cc(CC)cc3S(=O)(=O)O)c2O)cc1Cl. The Morgan fingerprint density at radius 2 is 1.69 bits per heavy atom. The van der Waals surface area contributed by atoms with Gasteiger partial charge in [-0.1, -0.05) is 54.4 Å². The van der Waals surface area contributed by atoms with E-state index in [-0.39, 0.29) is 22.0 Å². The molecule has 4 rings (SSSR count). The standard InChI is InChI=1S/C27H23Cl2N3O6S/c1-3-15-11-21(29)25(23(12-15)39(35,36)37)32-31-24-18-8-6-5-7-16(18)13-19(26(24)33)27(34)30-17-9-10-22(38-4-2)20(28)14-17/h5-14,33H,3-4H2,1-2H3,(H,30,34)(H,35,36,37). The fraction of sp³-hybridized carbons (Fsp3) is 0.148. The lowest BCUT2D eigenvalue weighted by atomic mass is 10.0. The van der Waals surface area contributed by atoms with E-state index in [1.165, 1.54) is 24.3 Å². The van der Waals surface area contributed by atoms with Gasteiger partial charge in [-0.15, -0.1) is 10.2 Å². The van der Waals surface area contributed by atoms with Crippen molar-refractivity contribution in [1.82, 2.24) is 0 Å². The number of rotatable bonds is 8. The number of carbonyl (C=O) groups is 1. The van der Waals surface area contributed by atoms with Gasteiger partial charge in [0.05, 0.1) is 22.2 Å². The summed E-state index contributed by atoms with van der Waals surface area (Å²) < 4.78 is 39.2. The number of aromatic hydroxyl groups is 1. The molecule has 1 amide bonds. The average molecular weight is 588 g/mol. The third kappa shape index (κ3) is 6.15. The molecule has 0 aromatic heterocycles. The van der Waals surface area contributed by atoms with Crippen LogP contribution in [0.4, 0.5) is 17.1 Å². The molecule has 0 saturated carbocycles. The second-order valence-corrected chi connectivity index (χ2v) is 10.5. The van der Waals surface area contributed by atoms with Crippen molar-refractivity contribution in [1.29, 1.82) is 0 Å². The van der Waals surface area contributed by atoms with Crippen LogP contribution in [-0.4, -0.2) is 30.6 Å². The predicted molar refractivity (Wildman–Crippen MR) is 151 cm³/mol. The van der Waals surface area contributed by atoms with Crippen LogP contribution in [0.1, 0.15) is 29.8 Å². The zero-order valence-corrected chi connectivity index (χ0v) is 23.1. The highest BCUT2D eigenvalue weighted by Gasteiger charge is 2.22. The van der Waals surface area contributed by atoms with Gasteiger partial charge in [-0.25, -0.2) is 0 Å². The number of hydrogen-bond acceptors (Lipinski definition) is 7. The van der Waals surface area contributed by atoms with Gasteiger partial charge in [0.2, 0.25) is 0 Å². The molecule has 0 atom stereocenters. The average Bonchev–Trinajstić information content (AvgIpc) is 2.89. The number of phenolic OH excluding ortho intramolecular Hbond substituents is 1. The monoisotopic (exact) mass is 587 g/mol. The molecule has 0 aliphatic heterocycles. The normalized spacial score (nSPS) is 11.7. The smallest absolute Gasteiger partial charge is 0.296 e. The number of azo groups is 1. The van der Waals surface area contributed by atoms with Crippen molar-refractivity contribution in [3.8, 4) is 11.5 Å². The summed E-state index contributed by atoms with van der Waals surface area (Å²) in [5.74, 6) is -0.691. The van der Waals surface area contributed by atoms with E-state index in [4.69, 9.17) is 27.9 Å². The van der Waals surface area contributed by atoms with Gasteiger partial charge in [-0.05, 0) is 60.7 Å². The molecule has 0 aliphatic rings. The first-order valence-electron chi connectivity index (χ1n) is 11.7. The highest BCUT2D eigenvalue weighted by atomic mass is 35.5. The van der Waals surface area contributed by atoms with E-state index in [9.17, 15) is 22.9 Å². The summed E-state index contributed by atoms with van der Waals surface area (Å²) >= 11 is 12.5. The first kappa shape index (κ1) is 28.3. The van der Waals surface area contributed by atoms with Gasteiger partial charge in [-0.2, -0.15) is 8.42 Å². The number of anilines is 1. The molecule has 0 unspecified atom stereocenters. The molecule has 39 heavy (non-hydrogen) atoms. The molecule has 9 nitrogen and oxygen atoms in total. The first-order valence-corrected chi connectivity index (χ1v) is 13.9. The maximum atomic E-state index is 13.2. The molecule has 4 aromatic rings. The zero-order valence-electron chi connectivity index (χ0n) is 20.8. The maximum absolute atomic E-state index is 13.2. The number of aryl methyl sites for hydroxylation is 1. The number of nitrogens with one attached hydrogen (secondary N) is 1. The quantitative estimate of drug-likeness (QED) is 0.142. The molecule has 0 saturated heterocycles. The zero-order chi connectivity index (χ0) is 28.3. The highest BCUT2D eigenvalue weighted by molar-refractivity contribution is 7.86. The Hall–Kier alpha value is -3.70. The Bertz CT molecular complexity index is 1720. The van der Waals surface area contributed by atoms with E-state index >= 15 is 0 Å². The Morgan fingerprint density at radius 1 is 0.974 bits per heavy atom. The Balaban J connectivity index is 1.80. The van der Waals surface area contributed by atoms with Crippen molar-refractivity contribution in [2.24, 2.45) is 10.2 Å². The van der Waals surface area contributed by atoms with E-state index in [0.29, 0.717) is 45.8 Å². The molecule has 202 valence electrons. The third-order valence-corrected chi connectivity index (χ3v) is 7.20. The minimum absolute atomic E-state index is 0.0594. The molecular formula is C27H23Cl2N3O6S. The first-order chi connectivity index (χ1) is 18.5. The van der Waals surface area contributed by atoms with Crippen LogP contribution in [-0.2, 0) is 16.5 Å². The summed E-state index contributed by atoms with van der Waals surface area (Å²) in [5, 5.41) is 23.1. The largest absolute Gasteiger partial charge is 0.505 e. The molecular weight excluding hydrogens is 565 g/mol. The molecule has 0 aliphatic carbocycles. The number of benzene rings is 4. The highest BCUT2D eigenvalue weighted by Crippen LogP contribution is 2.42. The summed E-state index contributed by atoms with van der Waals surface area (Å²) in [6, 6.07) is 15.8. The molecule has 0 heterocycles. The van der Waals surface area contributed by atoms with Crippen molar-refractivity contribution in [2.45, 2.75) is 25.2 Å². The summed E-state index contributed by atoms with van der Waals surface area (Å²) in [4.78, 5) is 12.7. The van der Waals surface area contributed by atoms with Gasteiger partial charge in [0, 0.05) is 11.1 Å². The molecule has 12 heteroatoms. The van der Waals surface area contributed by atoms with Crippen LogP contribution >= 0.6 is 23.2 Å². The van der Waals surface area contributed by atoms with Gasteiger partial charge in [0.15, 0.2) is 5.75 Å². The molecule has 0 radical (unpaired) electrons. The van der Waals surface area contributed by atoms with Gasteiger partial charge in [0.1, 0.15) is 22.0 Å². The van der Waals surface area contributed by atoms with E-state index in [0.717, 1.165) is 0 Å². The number of amides is 1. The van der Waals surface area contributed by atoms with Crippen molar-refractivity contribution >= 4 is 67.1 Å². The van der Waals surface area contributed by atoms with Crippen molar-refractivity contribution in [3.63, 3.8) is 0 Å². The summed E-state index contributed by atoms with van der Waals surface area (Å²) in [6.45, 7) is 4.04. The second kappa shape index (κ2) is 11.6. The van der Waals surface area contributed by atoms with Gasteiger partial charge >= 0.3 is 0 Å². The number of hydrogen-bond donors (Lipinski definition) is 3. The lowest BCUT2D eigenvalue weighted by Crippen LogP contribution is -2.12. The fourth-order valence-electron chi connectivity index (χ4n) is 3.87. The van der Waals surface area contributed by atoms with Crippen LogP contribution in [0.5, 0.6) is 11.5 Å². The fourth-order valence-corrected chi connectivity index (χ4v) is 5.13. The Labute approximate surface area is 234 Å². The van der Waals surface area contributed by atoms with E-state index < -0.39 is 26.7 Å². The van der Waals surface area contributed by atoms with Gasteiger partial charge in [-0.3, -0.25) is 9.35 Å². The van der Waals surface area contributed by atoms with Crippen molar-refractivity contribution < 1.29 is 27.6 Å². The predicted octanol–water partition coefficient (Wildman–Crippen LogP) is 7.73. The second-order valence-electron chi connectivity index (χ2n) is 8.33. The summed E-state index contributed by atoms with van der Waals surface area (Å²) in [7, 11) is -4.70. The van der Waals surface area contributed by atoms with Gasteiger partial charge in [0.25, 0.3) is 16.0 Å². The number of phenols is 1. The molecule has 0 fully saturated rings. The molecule has 4 aromatic carbocycles. The van der Waals surface area contributed by atoms with Gasteiger partial charge < -0.3 is 15.2 Å².